The van der Waals surface area contributed by atoms with Crippen molar-refractivity contribution in [3.8, 4) is 0 Å². The molecule has 2 amide bonds. The number of nitrogens with one attached hydrogen (secondary N) is 2. The Balaban J connectivity index is 1.84. The second kappa shape index (κ2) is 5.99. The molecule has 0 aromatic rings. The Morgan fingerprint density at radius 1 is 1.25 bits per heavy atom. The molecule has 2 aliphatic carbocycles. The number of hydrogen-bond acceptors (Lipinski definition) is 3. The molecule has 4 atom stereocenters. The molecule has 0 aromatic carbocycles. The van der Waals surface area contributed by atoms with Crippen molar-refractivity contribution in [3.63, 3.8) is 0 Å². The van der Waals surface area contributed by atoms with E-state index in [1.165, 1.54) is 0 Å². The Labute approximate surface area is 119 Å². The first-order chi connectivity index (χ1) is 9.45. The molecule has 0 bridgehead atoms. The van der Waals surface area contributed by atoms with Crippen LogP contribution in [0.1, 0.15) is 45.4 Å². The molecule has 0 saturated heterocycles. The molecule has 0 heterocycles. The summed E-state index contributed by atoms with van der Waals surface area (Å²) in [4.78, 5) is 23.4. The van der Waals surface area contributed by atoms with Gasteiger partial charge < -0.3 is 20.5 Å². The molecule has 4 unspecified atom stereocenters. The second-order valence-corrected chi connectivity index (χ2v) is 6.15. The Morgan fingerprint density at radius 3 is 2.60 bits per heavy atom. The van der Waals surface area contributed by atoms with Crippen LogP contribution in [0.3, 0.4) is 0 Å². The van der Waals surface area contributed by atoms with E-state index in [9.17, 15) is 14.7 Å². The first-order valence-electron chi connectivity index (χ1n) is 7.29. The summed E-state index contributed by atoms with van der Waals surface area (Å²) in [5.74, 6) is -0.833. The topological polar surface area (TPSA) is 87.7 Å². The van der Waals surface area contributed by atoms with Gasteiger partial charge in [0.1, 0.15) is 0 Å². The maximum absolute atomic E-state index is 12.0. The van der Waals surface area contributed by atoms with E-state index in [0.717, 1.165) is 32.1 Å². The molecule has 2 saturated carbocycles. The van der Waals surface area contributed by atoms with Crippen LogP contribution in [0.2, 0.25) is 0 Å². The standard InChI is InChI=1S/C14H24N2O4/c1-14(12(17)18)7-3-4-11(14)16-13(19)15-9-5-6-10(8-9)20-2/h9-11H,3-8H2,1-2H3,(H,17,18)(H2,15,16,19). The molecular formula is C14H24N2O4. The third kappa shape index (κ3) is 3.06. The van der Waals surface area contributed by atoms with E-state index in [-0.39, 0.29) is 24.2 Å². The van der Waals surface area contributed by atoms with Gasteiger partial charge in [-0.1, -0.05) is 6.42 Å². The van der Waals surface area contributed by atoms with Crippen molar-refractivity contribution in [2.24, 2.45) is 5.41 Å². The zero-order valence-electron chi connectivity index (χ0n) is 12.1. The maximum Gasteiger partial charge on any atom is 0.315 e. The average molecular weight is 284 g/mol. The van der Waals surface area contributed by atoms with E-state index >= 15 is 0 Å². The third-order valence-corrected chi connectivity index (χ3v) is 4.80. The summed E-state index contributed by atoms with van der Waals surface area (Å²) in [6, 6.07) is -0.428. The van der Waals surface area contributed by atoms with Gasteiger partial charge in [0.05, 0.1) is 11.5 Å². The number of rotatable bonds is 4. The minimum Gasteiger partial charge on any atom is -0.481 e. The van der Waals surface area contributed by atoms with E-state index in [4.69, 9.17) is 4.74 Å². The van der Waals surface area contributed by atoms with Crippen molar-refractivity contribution in [1.82, 2.24) is 10.6 Å². The molecule has 20 heavy (non-hydrogen) atoms. The Bertz CT molecular complexity index is 387. The van der Waals surface area contributed by atoms with Crippen molar-refractivity contribution >= 4 is 12.0 Å². The number of ether oxygens (including phenoxy) is 1. The number of amides is 2. The fourth-order valence-corrected chi connectivity index (χ4v) is 3.32. The van der Waals surface area contributed by atoms with E-state index in [1.54, 1.807) is 14.0 Å². The van der Waals surface area contributed by atoms with Gasteiger partial charge in [0.2, 0.25) is 0 Å². The molecule has 2 rings (SSSR count). The van der Waals surface area contributed by atoms with E-state index < -0.39 is 11.4 Å². The predicted octanol–water partition coefficient (Wildman–Crippen LogP) is 1.50. The Hall–Kier alpha value is -1.30. The van der Waals surface area contributed by atoms with E-state index in [1.807, 2.05) is 0 Å². The van der Waals surface area contributed by atoms with Crippen LogP contribution in [0, 0.1) is 5.41 Å². The van der Waals surface area contributed by atoms with Crippen LogP contribution in [0.5, 0.6) is 0 Å². The Morgan fingerprint density at radius 2 is 2.00 bits per heavy atom. The van der Waals surface area contributed by atoms with Crippen LogP contribution in [0.4, 0.5) is 4.79 Å². The minimum absolute atomic E-state index is 0.123. The van der Waals surface area contributed by atoms with Crippen molar-refractivity contribution in [1.29, 1.82) is 0 Å². The third-order valence-electron chi connectivity index (χ3n) is 4.80. The van der Waals surface area contributed by atoms with Crippen LogP contribution >= 0.6 is 0 Å². The van der Waals surface area contributed by atoms with Gasteiger partial charge in [-0.25, -0.2) is 4.79 Å². The molecule has 3 N–H and O–H groups in total. The molecule has 114 valence electrons. The lowest BCUT2D eigenvalue weighted by atomic mass is 9.85. The molecule has 2 aliphatic rings. The highest BCUT2D eigenvalue weighted by molar-refractivity contribution is 5.79. The van der Waals surface area contributed by atoms with Gasteiger partial charge in [0.25, 0.3) is 0 Å². The number of methoxy groups -OCH3 is 1. The largest absolute Gasteiger partial charge is 0.481 e. The summed E-state index contributed by atoms with van der Waals surface area (Å²) in [6.45, 7) is 1.71. The van der Waals surface area contributed by atoms with E-state index in [2.05, 4.69) is 10.6 Å². The molecule has 0 aliphatic heterocycles. The fourth-order valence-electron chi connectivity index (χ4n) is 3.32. The maximum atomic E-state index is 12.0. The van der Waals surface area contributed by atoms with Crippen LogP contribution in [0.25, 0.3) is 0 Å². The lowest BCUT2D eigenvalue weighted by Gasteiger charge is -2.28. The molecule has 2 fully saturated rings. The highest BCUT2D eigenvalue weighted by Crippen LogP contribution is 2.38. The Kier molecular flexibility index (Phi) is 4.52. The van der Waals surface area contributed by atoms with Crippen molar-refractivity contribution in [2.75, 3.05) is 7.11 Å². The molecule has 0 spiro atoms. The summed E-state index contributed by atoms with van der Waals surface area (Å²) in [7, 11) is 1.68. The van der Waals surface area contributed by atoms with Crippen LogP contribution < -0.4 is 10.6 Å². The van der Waals surface area contributed by atoms with Gasteiger partial charge in [0, 0.05) is 19.2 Å². The number of carbonyl (C=O) groups excluding carboxylic acids is 1. The van der Waals surface area contributed by atoms with Crippen molar-refractivity contribution in [2.45, 2.75) is 63.6 Å². The summed E-state index contributed by atoms with van der Waals surface area (Å²) >= 11 is 0. The number of aliphatic carboxylic acids is 1. The summed E-state index contributed by atoms with van der Waals surface area (Å²) < 4.78 is 5.27. The van der Waals surface area contributed by atoms with Gasteiger partial charge in [0.15, 0.2) is 0 Å². The summed E-state index contributed by atoms with van der Waals surface area (Å²) in [6.07, 6.45) is 5.08. The average Bonchev–Trinajstić information content (AvgIpc) is 2.98. The van der Waals surface area contributed by atoms with Gasteiger partial charge in [-0.3, -0.25) is 4.79 Å². The normalized spacial score (nSPS) is 36.8. The van der Waals surface area contributed by atoms with Crippen molar-refractivity contribution < 1.29 is 19.4 Å². The highest BCUT2D eigenvalue weighted by Gasteiger charge is 2.46. The molecule has 6 heteroatoms. The van der Waals surface area contributed by atoms with Crippen LogP contribution in [0.15, 0.2) is 0 Å². The van der Waals surface area contributed by atoms with Gasteiger partial charge in [-0.15, -0.1) is 0 Å². The molecule has 0 aromatic heterocycles. The zero-order valence-corrected chi connectivity index (χ0v) is 12.1. The number of hydrogen-bond donors (Lipinski definition) is 3. The SMILES string of the molecule is COC1CCC(NC(=O)NC2CCCC2(C)C(=O)O)C1. The minimum atomic E-state index is -0.845. The number of carbonyl (C=O) groups is 2. The van der Waals surface area contributed by atoms with Gasteiger partial charge in [-0.2, -0.15) is 0 Å². The van der Waals surface area contributed by atoms with Gasteiger partial charge >= 0.3 is 12.0 Å². The lowest BCUT2D eigenvalue weighted by molar-refractivity contribution is -0.148. The molecular weight excluding hydrogens is 260 g/mol. The van der Waals surface area contributed by atoms with Crippen molar-refractivity contribution in [3.05, 3.63) is 0 Å². The predicted molar refractivity (Wildman–Crippen MR) is 73.5 cm³/mol. The zero-order chi connectivity index (χ0) is 14.8. The number of carboxylic acid groups (broad SMARTS) is 1. The fraction of sp³-hybridized carbons (Fsp3) is 0.857. The number of carboxylic acids is 1. The summed E-state index contributed by atoms with van der Waals surface area (Å²) in [5.41, 5.74) is -0.845. The van der Waals surface area contributed by atoms with E-state index in [0.29, 0.717) is 6.42 Å². The van der Waals surface area contributed by atoms with Gasteiger partial charge in [-0.05, 0) is 39.0 Å². The monoisotopic (exact) mass is 284 g/mol. The quantitative estimate of drug-likeness (QED) is 0.730. The van der Waals surface area contributed by atoms with Crippen LogP contribution in [-0.4, -0.2) is 42.4 Å². The highest BCUT2D eigenvalue weighted by atomic mass is 16.5. The first-order valence-corrected chi connectivity index (χ1v) is 7.29. The first kappa shape index (κ1) is 15.1. The summed E-state index contributed by atoms with van der Waals surface area (Å²) in [5, 5.41) is 15.1. The molecule has 0 radical (unpaired) electrons. The second-order valence-electron chi connectivity index (χ2n) is 6.15. The smallest absolute Gasteiger partial charge is 0.315 e. The lowest BCUT2D eigenvalue weighted by Crippen LogP contribution is -2.51. The molecule has 6 nitrogen and oxygen atoms in total. The number of urea groups is 1. The van der Waals surface area contributed by atoms with Crippen LogP contribution in [-0.2, 0) is 9.53 Å².